The van der Waals surface area contributed by atoms with Crippen molar-refractivity contribution in [3.63, 3.8) is 0 Å². The van der Waals surface area contributed by atoms with E-state index in [1.165, 1.54) is 12.8 Å². The summed E-state index contributed by atoms with van der Waals surface area (Å²) in [5, 5.41) is 0. The molecule has 1 aliphatic carbocycles. The van der Waals surface area contributed by atoms with E-state index in [2.05, 4.69) is 0 Å². The van der Waals surface area contributed by atoms with Gasteiger partial charge in [-0.2, -0.15) is 0 Å². The predicted molar refractivity (Wildman–Crippen MR) is 31.0 cm³/mol. The van der Waals surface area contributed by atoms with Gasteiger partial charge in [-0.25, -0.2) is 0 Å². The number of hydrogen-bond acceptors (Lipinski definition) is 1. The Morgan fingerprint density at radius 1 is 1.75 bits per heavy atom. The van der Waals surface area contributed by atoms with Crippen molar-refractivity contribution < 1.29 is 4.79 Å². The van der Waals surface area contributed by atoms with E-state index >= 15 is 0 Å². The van der Waals surface area contributed by atoms with Crippen molar-refractivity contribution in [3.8, 4) is 0 Å². The van der Waals surface area contributed by atoms with Crippen molar-refractivity contribution >= 4 is 6.41 Å². The highest BCUT2D eigenvalue weighted by Gasteiger charge is 2.22. The Kier molecular flexibility index (Phi) is 1.51. The van der Waals surface area contributed by atoms with Gasteiger partial charge in [-0.3, -0.25) is 4.79 Å². The van der Waals surface area contributed by atoms with Crippen LogP contribution in [0.25, 0.3) is 0 Å². The molecule has 0 saturated heterocycles. The second-order valence-corrected chi connectivity index (χ2v) is 2.42. The fraction of sp³-hybridized carbons (Fsp3) is 0.833. The van der Waals surface area contributed by atoms with Gasteiger partial charge in [0.25, 0.3) is 0 Å². The average Bonchev–Trinajstić information content (AvgIpc) is 2.50. The lowest BCUT2D eigenvalue weighted by Crippen LogP contribution is -2.18. The maximum atomic E-state index is 9.87. The molecule has 1 rings (SSSR count). The lowest BCUT2D eigenvalue weighted by molar-refractivity contribution is 0.419. The largest absolute Gasteiger partial charge is 0.337 e. The summed E-state index contributed by atoms with van der Waals surface area (Å²) in [5.74, 6) is 0.793. The molecule has 2 nitrogen and oxygen atoms in total. The van der Waals surface area contributed by atoms with Gasteiger partial charge < -0.3 is 4.90 Å². The van der Waals surface area contributed by atoms with Crippen LogP contribution in [0.15, 0.2) is 0 Å². The number of carbonyl (C=O) groups excluding carboxylic acids is 1. The molecule has 0 bridgehead atoms. The summed E-state index contributed by atoms with van der Waals surface area (Å²) in [6.45, 7) is 0.906. The van der Waals surface area contributed by atoms with Gasteiger partial charge >= 0.3 is 6.41 Å². The second-order valence-electron chi connectivity index (χ2n) is 2.42. The molecule has 0 spiro atoms. The van der Waals surface area contributed by atoms with Gasteiger partial charge in [-0.15, -0.1) is 0 Å². The third-order valence-corrected chi connectivity index (χ3v) is 1.38. The van der Waals surface area contributed by atoms with Gasteiger partial charge in [0.2, 0.25) is 0 Å². The zero-order valence-electron chi connectivity index (χ0n) is 5.05. The molecule has 1 radical (unpaired) electrons. The first-order valence-electron chi connectivity index (χ1n) is 2.92. The van der Waals surface area contributed by atoms with E-state index in [0.717, 1.165) is 12.5 Å². The Bertz CT molecular complexity index is 88.5. The van der Waals surface area contributed by atoms with Gasteiger partial charge in [-0.1, -0.05) is 0 Å². The van der Waals surface area contributed by atoms with Gasteiger partial charge in [0, 0.05) is 13.6 Å². The van der Waals surface area contributed by atoms with Crippen molar-refractivity contribution in [2.45, 2.75) is 12.8 Å². The standard InChI is InChI=1S/C6H10NO/c1-7(5-8)4-6-2-3-6/h6H,2-4H2,1H3. The minimum absolute atomic E-state index is 0.793. The molecule has 1 saturated carbocycles. The first-order valence-corrected chi connectivity index (χ1v) is 2.92. The van der Waals surface area contributed by atoms with Crippen LogP contribution in [-0.4, -0.2) is 24.9 Å². The van der Waals surface area contributed by atoms with Crippen LogP contribution >= 0.6 is 0 Å². The van der Waals surface area contributed by atoms with Crippen LogP contribution in [0.1, 0.15) is 12.8 Å². The van der Waals surface area contributed by atoms with Crippen LogP contribution in [0.3, 0.4) is 0 Å². The zero-order valence-corrected chi connectivity index (χ0v) is 5.05. The Morgan fingerprint density at radius 2 is 2.38 bits per heavy atom. The molecular weight excluding hydrogens is 102 g/mol. The fourth-order valence-corrected chi connectivity index (χ4v) is 0.725. The van der Waals surface area contributed by atoms with E-state index in [-0.39, 0.29) is 0 Å². The summed E-state index contributed by atoms with van der Waals surface area (Å²) in [5.41, 5.74) is 0. The topological polar surface area (TPSA) is 20.3 Å². The highest BCUT2D eigenvalue weighted by molar-refractivity contribution is 5.47. The minimum Gasteiger partial charge on any atom is -0.337 e. The van der Waals surface area contributed by atoms with Gasteiger partial charge in [0.05, 0.1) is 0 Å². The van der Waals surface area contributed by atoms with E-state index in [0.29, 0.717) is 0 Å². The van der Waals surface area contributed by atoms with E-state index in [4.69, 9.17) is 0 Å². The third kappa shape index (κ3) is 1.52. The quantitative estimate of drug-likeness (QED) is 0.484. The molecule has 0 aromatic carbocycles. The average molecular weight is 112 g/mol. The Balaban J connectivity index is 2.06. The highest BCUT2D eigenvalue weighted by atomic mass is 16.1. The smallest absolute Gasteiger partial charge is 0.311 e. The number of amides is 1. The van der Waals surface area contributed by atoms with Crippen LogP contribution in [0.4, 0.5) is 0 Å². The van der Waals surface area contributed by atoms with E-state index in [1.807, 2.05) is 6.41 Å². The molecule has 1 amide bonds. The third-order valence-electron chi connectivity index (χ3n) is 1.38. The Hall–Kier alpha value is -0.530. The minimum atomic E-state index is 0.793. The van der Waals surface area contributed by atoms with Crippen molar-refractivity contribution in [3.05, 3.63) is 0 Å². The molecule has 1 aliphatic rings. The summed E-state index contributed by atoms with van der Waals surface area (Å²) in [6.07, 6.45) is 4.41. The van der Waals surface area contributed by atoms with Gasteiger partial charge in [0.15, 0.2) is 0 Å². The first-order chi connectivity index (χ1) is 3.83. The SMILES string of the molecule is CN([C]=O)CC1CC1. The lowest BCUT2D eigenvalue weighted by atomic mass is 10.4. The van der Waals surface area contributed by atoms with Crippen LogP contribution in [0.2, 0.25) is 0 Å². The maximum Gasteiger partial charge on any atom is 0.311 e. The monoisotopic (exact) mass is 112 g/mol. The number of nitrogens with zero attached hydrogens (tertiary/aromatic N) is 1. The van der Waals surface area contributed by atoms with Crippen LogP contribution < -0.4 is 0 Å². The molecule has 0 aromatic heterocycles. The van der Waals surface area contributed by atoms with Gasteiger partial charge in [-0.05, 0) is 18.8 Å². The Morgan fingerprint density at radius 3 is 2.75 bits per heavy atom. The molecule has 8 heavy (non-hydrogen) atoms. The molecule has 1 fully saturated rings. The Labute approximate surface area is 49.5 Å². The highest BCUT2D eigenvalue weighted by Crippen LogP contribution is 2.28. The predicted octanol–water partition coefficient (Wildman–Crippen LogP) is 0.395. The molecule has 0 N–H and O–H groups in total. The molecule has 0 heterocycles. The fourth-order valence-electron chi connectivity index (χ4n) is 0.725. The molecule has 0 atom stereocenters. The van der Waals surface area contributed by atoms with Crippen molar-refractivity contribution in [1.29, 1.82) is 0 Å². The summed E-state index contributed by atoms with van der Waals surface area (Å²) in [6, 6.07) is 0. The van der Waals surface area contributed by atoms with Crippen molar-refractivity contribution in [2.75, 3.05) is 13.6 Å². The van der Waals surface area contributed by atoms with E-state index in [1.54, 1.807) is 11.9 Å². The van der Waals surface area contributed by atoms with Crippen molar-refractivity contribution in [2.24, 2.45) is 5.92 Å². The number of hydrogen-bond donors (Lipinski definition) is 0. The summed E-state index contributed by atoms with van der Waals surface area (Å²) >= 11 is 0. The molecule has 2 heteroatoms. The lowest BCUT2D eigenvalue weighted by Gasteiger charge is -2.05. The summed E-state index contributed by atoms with van der Waals surface area (Å²) in [4.78, 5) is 11.5. The van der Waals surface area contributed by atoms with Crippen LogP contribution in [0.5, 0.6) is 0 Å². The normalized spacial score (nSPS) is 18.1. The molecule has 45 valence electrons. The maximum absolute atomic E-state index is 9.87. The summed E-state index contributed by atoms with van der Waals surface area (Å²) in [7, 11) is 1.77. The van der Waals surface area contributed by atoms with Crippen molar-refractivity contribution in [1.82, 2.24) is 4.90 Å². The van der Waals surface area contributed by atoms with Crippen LogP contribution in [-0.2, 0) is 4.79 Å². The number of rotatable bonds is 3. The molecule has 0 aliphatic heterocycles. The summed E-state index contributed by atoms with van der Waals surface area (Å²) < 4.78 is 0. The zero-order chi connectivity index (χ0) is 5.98. The van der Waals surface area contributed by atoms with E-state index in [9.17, 15) is 4.79 Å². The van der Waals surface area contributed by atoms with E-state index < -0.39 is 0 Å². The first kappa shape index (κ1) is 5.60. The molecule has 0 aromatic rings. The van der Waals surface area contributed by atoms with Gasteiger partial charge in [0.1, 0.15) is 0 Å². The molecular formula is C6H10NO. The molecule has 0 unspecified atom stereocenters. The second kappa shape index (κ2) is 2.16. The van der Waals surface area contributed by atoms with Crippen LogP contribution in [0, 0.1) is 5.92 Å².